The average Bonchev–Trinajstić information content (AvgIpc) is 3.40. The van der Waals surface area contributed by atoms with Gasteiger partial charge in [-0.25, -0.2) is 0 Å². The second-order valence-electron chi connectivity index (χ2n) is 5.93. The number of rotatable bonds is 4. The van der Waals surface area contributed by atoms with E-state index in [0.717, 1.165) is 27.0 Å². The molecule has 1 heterocycles. The van der Waals surface area contributed by atoms with Crippen LogP contribution in [0.4, 0.5) is 0 Å². The van der Waals surface area contributed by atoms with E-state index in [9.17, 15) is 5.26 Å². The lowest BCUT2D eigenvalue weighted by molar-refractivity contribution is 0.627. The zero-order valence-electron chi connectivity index (χ0n) is 11.9. The Morgan fingerprint density at radius 1 is 1.24 bits per heavy atom. The molecule has 4 nitrogen and oxygen atoms in total. The molecular formula is C16H16N4S. The summed E-state index contributed by atoms with van der Waals surface area (Å²) < 4.78 is 2.32. The van der Waals surface area contributed by atoms with E-state index in [1.165, 1.54) is 25.7 Å². The standard InChI is InChI=1S/C16H16N4S/c1-10-2-7-14(12(8-10)9-17)21-16-19-18-15(11-3-4-11)20(16)13-5-6-13/h2,7-8,11,13H,3-6H2,1H3. The molecule has 0 unspecified atom stereocenters. The van der Waals surface area contributed by atoms with Gasteiger partial charge in [-0.1, -0.05) is 6.07 Å². The van der Waals surface area contributed by atoms with Gasteiger partial charge in [-0.2, -0.15) is 5.26 Å². The zero-order chi connectivity index (χ0) is 14.4. The molecule has 4 rings (SSSR count). The summed E-state index contributed by atoms with van der Waals surface area (Å²) in [6.45, 7) is 2.01. The van der Waals surface area contributed by atoms with Crippen molar-refractivity contribution >= 4 is 11.8 Å². The van der Waals surface area contributed by atoms with Crippen molar-refractivity contribution in [3.05, 3.63) is 35.2 Å². The SMILES string of the molecule is Cc1ccc(Sc2nnc(C3CC3)n2C2CC2)c(C#N)c1. The molecule has 0 atom stereocenters. The largest absolute Gasteiger partial charge is 0.302 e. The number of aromatic nitrogens is 3. The van der Waals surface area contributed by atoms with E-state index in [0.29, 0.717) is 12.0 Å². The quantitative estimate of drug-likeness (QED) is 0.860. The normalized spacial score (nSPS) is 17.7. The van der Waals surface area contributed by atoms with Crippen LogP contribution in [0.1, 0.15) is 54.6 Å². The van der Waals surface area contributed by atoms with Gasteiger partial charge in [-0.05, 0) is 62.1 Å². The van der Waals surface area contributed by atoms with Crippen molar-refractivity contribution < 1.29 is 0 Å². The van der Waals surface area contributed by atoms with Crippen molar-refractivity contribution in [3.8, 4) is 6.07 Å². The fourth-order valence-electron chi connectivity index (χ4n) is 2.57. The first-order chi connectivity index (χ1) is 10.3. The number of benzene rings is 1. The minimum atomic E-state index is 0.578. The van der Waals surface area contributed by atoms with E-state index < -0.39 is 0 Å². The molecular weight excluding hydrogens is 280 g/mol. The Hall–Kier alpha value is -1.80. The highest BCUT2D eigenvalue weighted by Crippen LogP contribution is 2.46. The second-order valence-corrected chi connectivity index (χ2v) is 6.94. The van der Waals surface area contributed by atoms with Crippen LogP contribution in [0.3, 0.4) is 0 Å². The van der Waals surface area contributed by atoms with Crippen LogP contribution in [0.2, 0.25) is 0 Å². The maximum Gasteiger partial charge on any atom is 0.196 e. The second kappa shape index (κ2) is 4.88. The van der Waals surface area contributed by atoms with E-state index in [4.69, 9.17) is 0 Å². The molecule has 5 heteroatoms. The van der Waals surface area contributed by atoms with E-state index in [1.807, 2.05) is 25.1 Å². The molecule has 106 valence electrons. The van der Waals surface area contributed by atoms with Gasteiger partial charge in [0, 0.05) is 16.9 Å². The van der Waals surface area contributed by atoms with Crippen LogP contribution in [0.5, 0.6) is 0 Å². The highest BCUT2D eigenvalue weighted by atomic mass is 32.2. The van der Waals surface area contributed by atoms with Gasteiger partial charge in [0.2, 0.25) is 0 Å². The molecule has 1 aromatic heterocycles. The molecule has 2 aliphatic rings. The van der Waals surface area contributed by atoms with Gasteiger partial charge in [0.15, 0.2) is 5.16 Å². The Labute approximate surface area is 128 Å². The highest BCUT2D eigenvalue weighted by molar-refractivity contribution is 7.99. The Kier molecular flexibility index (Phi) is 3.00. The van der Waals surface area contributed by atoms with Gasteiger partial charge >= 0.3 is 0 Å². The Morgan fingerprint density at radius 3 is 2.71 bits per heavy atom. The first-order valence-corrected chi connectivity index (χ1v) is 8.21. The molecule has 21 heavy (non-hydrogen) atoms. The van der Waals surface area contributed by atoms with Gasteiger partial charge in [-0.3, -0.25) is 0 Å². The maximum atomic E-state index is 9.31. The van der Waals surface area contributed by atoms with Crippen molar-refractivity contribution in [2.45, 2.75) is 54.6 Å². The van der Waals surface area contributed by atoms with Gasteiger partial charge in [-0.15, -0.1) is 10.2 Å². The first-order valence-electron chi connectivity index (χ1n) is 7.39. The molecule has 0 bridgehead atoms. The Bertz CT molecular complexity index is 735. The average molecular weight is 296 g/mol. The Morgan fingerprint density at radius 2 is 2.05 bits per heavy atom. The molecule has 0 saturated heterocycles. The minimum absolute atomic E-state index is 0.578. The summed E-state index contributed by atoms with van der Waals surface area (Å²) in [4.78, 5) is 0.972. The van der Waals surface area contributed by atoms with E-state index in [2.05, 4.69) is 20.8 Å². The minimum Gasteiger partial charge on any atom is -0.302 e. The summed E-state index contributed by atoms with van der Waals surface area (Å²) in [7, 11) is 0. The van der Waals surface area contributed by atoms with Crippen LogP contribution >= 0.6 is 11.8 Å². The third kappa shape index (κ3) is 2.44. The van der Waals surface area contributed by atoms with Crippen molar-refractivity contribution in [2.75, 3.05) is 0 Å². The van der Waals surface area contributed by atoms with Crippen molar-refractivity contribution in [3.63, 3.8) is 0 Å². The Balaban J connectivity index is 1.70. The fraction of sp³-hybridized carbons (Fsp3) is 0.438. The summed E-state index contributed by atoms with van der Waals surface area (Å²) in [5.41, 5.74) is 1.83. The van der Waals surface area contributed by atoms with E-state index >= 15 is 0 Å². The molecule has 0 spiro atoms. The molecule has 2 saturated carbocycles. The molecule has 0 N–H and O–H groups in total. The number of aryl methyl sites for hydroxylation is 1. The smallest absolute Gasteiger partial charge is 0.196 e. The van der Waals surface area contributed by atoms with Gasteiger partial charge < -0.3 is 4.57 Å². The fourth-order valence-corrected chi connectivity index (χ4v) is 3.54. The first kappa shape index (κ1) is 12.9. The lowest BCUT2D eigenvalue weighted by Crippen LogP contribution is -2.01. The maximum absolute atomic E-state index is 9.31. The number of nitriles is 1. The van der Waals surface area contributed by atoms with E-state index in [1.54, 1.807) is 11.8 Å². The van der Waals surface area contributed by atoms with Gasteiger partial charge in [0.05, 0.1) is 5.56 Å². The lowest BCUT2D eigenvalue weighted by Gasteiger charge is -2.09. The number of nitrogens with zero attached hydrogens (tertiary/aromatic N) is 4. The third-order valence-corrected chi connectivity index (χ3v) is 5.04. The molecule has 2 fully saturated rings. The van der Waals surface area contributed by atoms with Crippen LogP contribution in [-0.2, 0) is 0 Å². The summed E-state index contributed by atoms with van der Waals surface area (Å²) in [5, 5.41) is 19.1. The van der Waals surface area contributed by atoms with Crippen molar-refractivity contribution in [1.29, 1.82) is 5.26 Å². The van der Waals surface area contributed by atoms with Crippen LogP contribution in [0.15, 0.2) is 28.3 Å². The number of hydrogen-bond donors (Lipinski definition) is 0. The molecule has 2 aliphatic carbocycles. The van der Waals surface area contributed by atoms with Crippen LogP contribution in [0, 0.1) is 18.3 Å². The summed E-state index contributed by atoms with van der Waals surface area (Å²) in [5.74, 6) is 1.77. The summed E-state index contributed by atoms with van der Waals surface area (Å²) >= 11 is 1.58. The van der Waals surface area contributed by atoms with Gasteiger partial charge in [0.25, 0.3) is 0 Å². The lowest BCUT2D eigenvalue weighted by atomic mass is 10.2. The summed E-state index contributed by atoms with van der Waals surface area (Å²) in [6, 6.07) is 8.85. The highest BCUT2D eigenvalue weighted by Gasteiger charge is 2.36. The molecule has 2 aromatic rings. The predicted molar refractivity (Wildman–Crippen MR) is 80.3 cm³/mol. The van der Waals surface area contributed by atoms with Crippen molar-refractivity contribution in [2.24, 2.45) is 0 Å². The van der Waals surface area contributed by atoms with Gasteiger partial charge in [0.1, 0.15) is 11.9 Å². The van der Waals surface area contributed by atoms with Crippen LogP contribution < -0.4 is 0 Å². The van der Waals surface area contributed by atoms with E-state index in [-0.39, 0.29) is 0 Å². The molecule has 1 aromatic carbocycles. The van der Waals surface area contributed by atoms with Crippen molar-refractivity contribution in [1.82, 2.24) is 14.8 Å². The molecule has 0 aliphatic heterocycles. The number of hydrogen-bond acceptors (Lipinski definition) is 4. The zero-order valence-corrected chi connectivity index (χ0v) is 12.7. The van der Waals surface area contributed by atoms with Crippen LogP contribution in [0.25, 0.3) is 0 Å². The third-order valence-electron chi connectivity index (χ3n) is 4.00. The summed E-state index contributed by atoms with van der Waals surface area (Å²) in [6.07, 6.45) is 4.93. The topological polar surface area (TPSA) is 54.5 Å². The molecule has 0 amide bonds. The monoisotopic (exact) mass is 296 g/mol. The van der Waals surface area contributed by atoms with Crippen LogP contribution in [-0.4, -0.2) is 14.8 Å². The molecule has 0 radical (unpaired) electrons. The predicted octanol–water partition coefficient (Wildman–Crippen LogP) is 3.82.